The van der Waals surface area contributed by atoms with Gasteiger partial charge in [-0.15, -0.1) is 0 Å². The summed E-state index contributed by atoms with van der Waals surface area (Å²) in [4.78, 5) is 23.1. The number of esters is 2. The molecule has 0 aromatic carbocycles. The molecule has 0 aliphatic rings. The lowest BCUT2D eigenvalue weighted by molar-refractivity contribution is -0.318. The van der Waals surface area contributed by atoms with Gasteiger partial charge in [-0.2, -0.15) is 52.7 Å². The van der Waals surface area contributed by atoms with Crippen molar-refractivity contribution in [1.82, 2.24) is 0 Å². The first-order valence-electron chi connectivity index (χ1n) is 6.78. The summed E-state index contributed by atoms with van der Waals surface area (Å²) in [6, 6.07) is 0. The molecule has 0 saturated carbocycles. The van der Waals surface area contributed by atoms with E-state index in [2.05, 4.69) is 9.47 Å². The third-order valence-corrected chi connectivity index (χ3v) is 2.83. The molecule has 0 N–H and O–H groups in total. The van der Waals surface area contributed by atoms with Gasteiger partial charge in [-0.25, -0.2) is 0 Å². The van der Waals surface area contributed by atoms with E-state index in [1.165, 1.54) is 0 Å². The first-order valence-corrected chi connectivity index (χ1v) is 6.78. The van der Waals surface area contributed by atoms with Crippen molar-refractivity contribution >= 4 is 11.9 Å². The predicted molar refractivity (Wildman–Crippen MR) is 62.3 cm³/mol. The summed E-state index contributed by atoms with van der Waals surface area (Å²) in [5.74, 6) is -9.94. The Hall–Kier alpha value is -1.90. The third-order valence-electron chi connectivity index (χ3n) is 2.83. The molecule has 0 spiro atoms. The van der Waals surface area contributed by atoms with E-state index in [-0.39, 0.29) is 0 Å². The van der Waals surface area contributed by atoms with Gasteiger partial charge in [-0.3, -0.25) is 9.59 Å². The molecule has 0 saturated heterocycles. The second kappa shape index (κ2) is 8.23. The topological polar surface area (TPSA) is 52.6 Å². The van der Waals surface area contributed by atoms with Crippen molar-refractivity contribution in [2.45, 2.75) is 50.8 Å². The minimum Gasteiger partial charge on any atom is -0.442 e. The van der Waals surface area contributed by atoms with E-state index in [0.717, 1.165) is 13.8 Å². The minimum absolute atomic E-state index is 0.736. The van der Waals surface area contributed by atoms with Gasteiger partial charge in [0.15, 0.2) is 5.92 Å². The number of hydrogen-bond donors (Lipinski definition) is 0. The molecular weight excluding hydrogens is 436 g/mol. The zero-order valence-corrected chi connectivity index (χ0v) is 13.5. The molecule has 166 valence electrons. The van der Waals surface area contributed by atoms with Crippen LogP contribution in [0, 0.1) is 11.8 Å². The Morgan fingerprint density at radius 1 is 0.571 bits per heavy atom. The van der Waals surface area contributed by atoms with Gasteiger partial charge < -0.3 is 9.47 Å². The van der Waals surface area contributed by atoms with Crippen molar-refractivity contribution in [1.29, 1.82) is 0 Å². The van der Waals surface area contributed by atoms with Crippen LogP contribution in [0.1, 0.15) is 13.8 Å². The van der Waals surface area contributed by atoms with Crippen LogP contribution < -0.4 is 0 Å². The average Bonchev–Trinajstić information content (AvgIpc) is 2.36. The van der Waals surface area contributed by atoms with E-state index >= 15 is 0 Å². The highest BCUT2D eigenvalue weighted by molar-refractivity contribution is 5.95. The molecule has 0 aromatic heterocycles. The summed E-state index contributed by atoms with van der Waals surface area (Å²) in [7, 11) is 0. The van der Waals surface area contributed by atoms with Crippen molar-refractivity contribution in [3.63, 3.8) is 0 Å². The van der Waals surface area contributed by atoms with Crippen LogP contribution in [0.4, 0.5) is 52.7 Å². The Kier molecular flexibility index (Phi) is 7.67. The maximum Gasteiger partial charge on any atom is 0.434 e. The molecule has 0 aliphatic carbocycles. The van der Waals surface area contributed by atoms with Gasteiger partial charge in [0.25, 0.3) is 12.2 Å². The van der Waals surface area contributed by atoms with Gasteiger partial charge in [0.2, 0.25) is 0 Å². The van der Waals surface area contributed by atoms with Crippen LogP contribution in [0.5, 0.6) is 0 Å². The van der Waals surface area contributed by atoms with Crippen molar-refractivity contribution < 1.29 is 71.7 Å². The summed E-state index contributed by atoms with van der Waals surface area (Å²) < 4.78 is 154. The maximum atomic E-state index is 12.4. The standard InChI is InChI=1S/C12H10F12O4/c1-3(2)4(5(25)27-7(9(13,14)15)10(16,17)18)6(26)28-8(11(19,20)21)12(22,23)24/h3-4,7-8H,1-2H3. The normalized spacial score (nSPS) is 14.2. The molecule has 4 nitrogen and oxygen atoms in total. The monoisotopic (exact) mass is 446 g/mol. The lowest BCUT2D eigenvalue weighted by Gasteiger charge is -2.28. The largest absolute Gasteiger partial charge is 0.442 e. The molecule has 0 unspecified atom stereocenters. The number of hydrogen-bond acceptors (Lipinski definition) is 4. The third kappa shape index (κ3) is 7.26. The molecule has 0 heterocycles. The quantitative estimate of drug-likeness (QED) is 0.359. The number of carbonyl (C=O) groups is 2. The first-order chi connectivity index (χ1) is 12.1. The fourth-order valence-corrected chi connectivity index (χ4v) is 1.66. The van der Waals surface area contributed by atoms with Gasteiger partial charge in [0.1, 0.15) is 0 Å². The summed E-state index contributed by atoms with van der Waals surface area (Å²) >= 11 is 0. The second-order valence-corrected chi connectivity index (χ2v) is 5.52. The highest BCUT2D eigenvalue weighted by atomic mass is 19.4. The number of alkyl halides is 12. The summed E-state index contributed by atoms with van der Waals surface area (Å²) in [6.45, 7) is 1.47. The Balaban J connectivity index is 5.73. The van der Waals surface area contributed by atoms with Gasteiger partial charge in [-0.1, -0.05) is 13.8 Å². The molecule has 0 amide bonds. The molecule has 0 aromatic rings. The molecule has 0 rings (SSSR count). The van der Waals surface area contributed by atoms with Crippen molar-refractivity contribution in [3.8, 4) is 0 Å². The van der Waals surface area contributed by atoms with E-state index < -0.39 is 60.7 Å². The van der Waals surface area contributed by atoms with Gasteiger partial charge in [0.05, 0.1) is 0 Å². The number of ether oxygens (including phenoxy) is 2. The predicted octanol–water partition coefficient (Wildman–Crippen LogP) is 4.33. The molecule has 16 heteroatoms. The van der Waals surface area contributed by atoms with Crippen molar-refractivity contribution in [2.75, 3.05) is 0 Å². The number of rotatable bonds is 5. The Morgan fingerprint density at radius 2 is 0.786 bits per heavy atom. The van der Waals surface area contributed by atoms with Crippen LogP contribution >= 0.6 is 0 Å². The first kappa shape index (κ1) is 26.1. The van der Waals surface area contributed by atoms with E-state index in [4.69, 9.17) is 0 Å². The highest BCUT2D eigenvalue weighted by Gasteiger charge is 2.62. The van der Waals surface area contributed by atoms with Crippen LogP contribution in [0.2, 0.25) is 0 Å². The molecule has 0 fully saturated rings. The Morgan fingerprint density at radius 3 is 0.929 bits per heavy atom. The van der Waals surface area contributed by atoms with Crippen LogP contribution in [0.25, 0.3) is 0 Å². The average molecular weight is 446 g/mol. The SMILES string of the molecule is CC(C)C(C(=O)OC(C(F)(F)F)C(F)(F)F)C(=O)OC(C(F)(F)F)C(F)(F)F. The van der Waals surface area contributed by atoms with Gasteiger partial charge in [0, 0.05) is 0 Å². The van der Waals surface area contributed by atoms with Crippen molar-refractivity contribution in [2.24, 2.45) is 11.8 Å². The van der Waals surface area contributed by atoms with E-state index in [1.54, 1.807) is 0 Å². The van der Waals surface area contributed by atoms with Gasteiger partial charge in [-0.05, 0) is 5.92 Å². The van der Waals surface area contributed by atoms with Crippen molar-refractivity contribution in [3.05, 3.63) is 0 Å². The zero-order chi connectivity index (χ0) is 22.9. The number of carbonyl (C=O) groups excluding carboxylic acids is 2. The highest BCUT2D eigenvalue weighted by Crippen LogP contribution is 2.38. The number of halogens is 12. The molecule has 0 atom stereocenters. The van der Waals surface area contributed by atoms with Crippen LogP contribution in [0.3, 0.4) is 0 Å². The fourth-order valence-electron chi connectivity index (χ4n) is 1.66. The summed E-state index contributed by atoms with van der Waals surface area (Å²) in [5, 5.41) is 0. The smallest absolute Gasteiger partial charge is 0.434 e. The molecule has 28 heavy (non-hydrogen) atoms. The second-order valence-electron chi connectivity index (χ2n) is 5.52. The Bertz CT molecular complexity index is 483. The fraction of sp³-hybridized carbons (Fsp3) is 0.833. The van der Waals surface area contributed by atoms with Crippen LogP contribution in [0.15, 0.2) is 0 Å². The van der Waals surface area contributed by atoms with Crippen LogP contribution in [-0.2, 0) is 19.1 Å². The molecule has 0 bridgehead atoms. The van der Waals surface area contributed by atoms with E-state index in [1.807, 2.05) is 0 Å². The summed E-state index contributed by atoms with van der Waals surface area (Å²) in [6.07, 6.45) is -34.4. The Labute approximate surface area is 147 Å². The molecule has 0 aliphatic heterocycles. The summed E-state index contributed by atoms with van der Waals surface area (Å²) in [5.41, 5.74) is 0. The molecular formula is C12H10F12O4. The van der Waals surface area contributed by atoms with E-state index in [0.29, 0.717) is 0 Å². The zero-order valence-electron chi connectivity index (χ0n) is 13.5. The van der Waals surface area contributed by atoms with Crippen LogP contribution in [-0.4, -0.2) is 48.9 Å². The van der Waals surface area contributed by atoms with E-state index in [9.17, 15) is 62.3 Å². The lowest BCUT2D eigenvalue weighted by Crippen LogP contribution is -2.50. The lowest BCUT2D eigenvalue weighted by atomic mass is 9.96. The molecule has 0 radical (unpaired) electrons. The maximum absolute atomic E-state index is 12.4. The minimum atomic E-state index is -6.22. The van der Waals surface area contributed by atoms with Gasteiger partial charge >= 0.3 is 36.6 Å².